The standard InChI is InChI=1S/C37H38F6N4O4S/c1-52(50,51)28-12-13-31-29(20-28)32(35(49)45-34(37(41,42)43)23-7-3-2-4-8-23)30(33(44-31)24-9-5-10-25(19-24)36(38,39)40)21-46-17-14-26(15-18-46)47-16-6-11-27(47)22-48/h2-5,7-10,12-13,19-20,26-27,34,48H,6,11,14-18,21-22H2,1H3,(H,45,49)/t27-,34+/m0/s1. The van der Waals surface area contributed by atoms with Gasteiger partial charge < -0.3 is 10.4 Å². The van der Waals surface area contributed by atoms with Gasteiger partial charge in [-0.1, -0.05) is 42.5 Å². The number of aliphatic hydroxyl groups excluding tert-OH is 1. The third kappa shape index (κ3) is 8.12. The summed E-state index contributed by atoms with van der Waals surface area (Å²) in [5, 5.41) is 11.9. The van der Waals surface area contributed by atoms with E-state index in [0.717, 1.165) is 37.8 Å². The number of rotatable bonds is 9. The van der Waals surface area contributed by atoms with Crippen LogP contribution < -0.4 is 5.32 Å². The van der Waals surface area contributed by atoms with Crippen molar-refractivity contribution in [2.24, 2.45) is 0 Å². The van der Waals surface area contributed by atoms with Crippen LogP contribution in [0.1, 0.15) is 58.8 Å². The molecule has 0 unspecified atom stereocenters. The van der Waals surface area contributed by atoms with E-state index in [1.54, 1.807) is 0 Å². The van der Waals surface area contributed by atoms with Crippen LogP contribution in [0, 0.1) is 0 Å². The molecule has 0 radical (unpaired) electrons. The first-order valence-electron chi connectivity index (χ1n) is 16.9. The highest BCUT2D eigenvalue weighted by molar-refractivity contribution is 7.90. The summed E-state index contributed by atoms with van der Waals surface area (Å²) in [5.41, 5.74) is -1.51. The molecule has 2 aliphatic heterocycles. The number of fused-ring (bicyclic) bond motifs is 1. The maximum atomic E-state index is 14.6. The van der Waals surface area contributed by atoms with Crippen LogP contribution in [0.3, 0.4) is 0 Å². The molecular formula is C37H38F6N4O4S. The van der Waals surface area contributed by atoms with Gasteiger partial charge in [0.2, 0.25) is 0 Å². The molecule has 278 valence electrons. The number of halogens is 6. The van der Waals surface area contributed by atoms with Gasteiger partial charge in [-0.15, -0.1) is 0 Å². The molecule has 0 aliphatic carbocycles. The number of alkyl halides is 6. The molecule has 0 bridgehead atoms. The van der Waals surface area contributed by atoms with Crippen molar-refractivity contribution in [3.63, 3.8) is 0 Å². The number of nitrogens with zero attached hydrogens (tertiary/aromatic N) is 3. The number of carbonyl (C=O) groups excluding carboxylic acids is 1. The highest BCUT2D eigenvalue weighted by atomic mass is 32.2. The Morgan fingerprint density at radius 1 is 0.942 bits per heavy atom. The largest absolute Gasteiger partial charge is 0.416 e. The van der Waals surface area contributed by atoms with Crippen LogP contribution in [0.4, 0.5) is 26.3 Å². The van der Waals surface area contributed by atoms with Crippen LogP contribution in [0.2, 0.25) is 0 Å². The zero-order valence-electron chi connectivity index (χ0n) is 28.2. The number of likely N-dealkylation sites (tertiary alicyclic amines) is 2. The summed E-state index contributed by atoms with van der Waals surface area (Å²) in [6.45, 7) is 1.79. The highest BCUT2D eigenvalue weighted by Crippen LogP contribution is 2.38. The highest BCUT2D eigenvalue weighted by Gasteiger charge is 2.43. The topological polar surface area (TPSA) is 103 Å². The average molecular weight is 749 g/mol. The van der Waals surface area contributed by atoms with E-state index in [-0.39, 0.29) is 69.0 Å². The summed E-state index contributed by atoms with van der Waals surface area (Å²) in [7, 11) is -3.87. The number of carbonyl (C=O) groups is 1. The number of aliphatic hydroxyl groups is 1. The number of pyridine rings is 1. The summed E-state index contributed by atoms with van der Waals surface area (Å²) in [4.78, 5) is 23.1. The Morgan fingerprint density at radius 3 is 2.29 bits per heavy atom. The van der Waals surface area contributed by atoms with Gasteiger partial charge in [-0.3, -0.25) is 14.6 Å². The number of hydrogen-bond acceptors (Lipinski definition) is 7. The smallest absolute Gasteiger partial charge is 0.395 e. The van der Waals surface area contributed by atoms with Gasteiger partial charge in [0, 0.05) is 41.4 Å². The van der Waals surface area contributed by atoms with E-state index in [4.69, 9.17) is 0 Å². The zero-order chi connectivity index (χ0) is 37.4. The Hall–Kier alpha value is -4.05. The molecule has 4 aromatic rings. The van der Waals surface area contributed by atoms with E-state index < -0.39 is 39.7 Å². The quantitative estimate of drug-likeness (QED) is 0.182. The van der Waals surface area contributed by atoms with Crippen LogP contribution in [-0.2, 0) is 22.6 Å². The lowest BCUT2D eigenvalue weighted by atomic mass is 9.93. The maximum Gasteiger partial charge on any atom is 0.416 e. The van der Waals surface area contributed by atoms with Crippen molar-refractivity contribution in [3.05, 3.63) is 95.1 Å². The predicted octanol–water partition coefficient (Wildman–Crippen LogP) is 6.78. The van der Waals surface area contributed by atoms with Gasteiger partial charge in [-0.25, -0.2) is 13.4 Å². The molecular weight excluding hydrogens is 710 g/mol. The first-order valence-corrected chi connectivity index (χ1v) is 18.8. The Kier molecular flexibility index (Phi) is 10.7. The Labute approximate surface area is 297 Å². The fraction of sp³-hybridized carbons (Fsp3) is 0.405. The molecule has 2 N–H and O–H groups in total. The molecule has 2 fully saturated rings. The number of aromatic nitrogens is 1. The van der Waals surface area contributed by atoms with Crippen LogP contribution in [-0.4, -0.2) is 85.0 Å². The predicted molar refractivity (Wildman–Crippen MR) is 183 cm³/mol. The lowest BCUT2D eigenvalue weighted by molar-refractivity contribution is -0.155. The SMILES string of the molecule is CS(=O)(=O)c1ccc2nc(-c3cccc(C(F)(F)F)c3)c(CN3CCC(N4CCC[C@H]4CO)CC3)c(C(=O)N[C@H](c3ccccc3)C(F)(F)F)c2c1. The number of hydrogen-bond donors (Lipinski definition) is 2. The van der Waals surface area contributed by atoms with Crippen molar-refractivity contribution in [2.75, 3.05) is 32.5 Å². The monoisotopic (exact) mass is 748 g/mol. The second-order valence-corrected chi connectivity index (χ2v) is 15.4. The zero-order valence-corrected chi connectivity index (χ0v) is 29.0. The number of piperidine rings is 1. The summed E-state index contributed by atoms with van der Waals surface area (Å²) in [6.07, 6.45) is -5.51. The number of amides is 1. The second-order valence-electron chi connectivity index (χ2n) is 13.4. The van der Waals surface area contributed by atoms with Gasteiger partial charge in [-0.05, 0) is 81.2 Å². The van der Waals surface area contributed by atoms with Crippen molar-refractivity contribution in [1.29, 1.82) is 0 Å². The average Bonchev–Trinajstić information content (AvgIpc) is 3.58. The van der Waals surface area contributed by atoms with Crippen molar-refractivity contribution >= 4 is 26.6 Å². The summed E-state index contributed by atoms with van der Waals surface area (Å²) < 4.78 is 111. The Morgan fingerprint density at radius 2 is 1.65 bits per heavy atom. The van der Waals surface area contributed by atoms with Gasteiger partial charge in [0.1, 0.15) is 0 Å². The third-order valence-corrected chi connectivity index (χ3v) is 11.1. The summed E-state index contributed by atoms with van der Waals surface area (Å²) in [6, 6.07) is 12.5. The van der Waals surface area contributed by atoms with Crippen LogP contribution >= 0.6 is 0 Å². The van der Waals surface area contributed by atoms with E-state index >= 15 is 0 Å². The second kappa shape index (κ2) is 14.8. The molecule has 15 heteroatoms. The molecule has 2 saturated heterocycles. The molecule has 1 aromatic heterocycles. The van der Waals surface area contributed by atoms with Crippen LogP contribution in [0.5, 0.6) is 0 Å². The van der Waals surface area contributed by atoms with Crippen LogP contribution in [0.15, 0.2) is 77.7 Å². The molecule has 2 atom stereocenters. The fourth-order valence-electron chi connectivity index (χ4n) is 7.38. The van der Waals surface area contributed by atoms with E-state index in [0.29, 0.717) is 25.9 Å². The molecule has 1 amide bonds. The van der Waals surface area contributed by atoms with Gasteiger partial charge in [0.05, 0.1) is 33.8 Å². The van der Waals surface area contributed by atoms with Crippen molar-refractivity contribution in [2.45, 2.75) is 67.6 Å². The van der Waals surface area contributed by atoms with E-state index in [2.05, 4.69) is 15.2 Å². The van der Waals surface area contributed by atoms with Gasteiger partial charge in [0.25, 0.3) is 5.91 Å². The summed E-state index contributed by atoms with van der Waals surface area (Å²) >= 11 is 0. The first-order chi connectivity index (χ1) is 24.5. The number of sulfone groups is 1. The van der Waals surface area contributed by atoms with Crippen LogP contribution in [0.25, 0.3) is 22.2 Å². The fourth-order valence-corrected chi connectivity index (χ4v) is 8.02. The molecule has 2 aliphatic rings. The van der Waals surface area contributed by atoms with E-state index in [1.165, 1.54) is 60.7 Å². The molecule has 3 heterocycles. The normalized spacial score (nSPS) is 18.9. The maximum absolute atomic E-state index is 14.6. The summed E-state index contributed by atoms with van der Waals surface area (Å²) in [5.74, 6) is -1.19. The Balaban J connectivity index is 1.52. The third-order valence-electron chi connectivity index (χ3n) is 9.95. The van der Waals surface area contributed by atoms with Crippen molar-refractivity contribution in [3.8, 4) is 11.3 Å². The van der Waals surface area contributed by atoms with E-state index in [9.17, 15) is 44.7 Å². The molecule has 8 nitrogen and oxygen atoms in total. The van der Waals surface area contributed by atoms with Crippen molar-refractivity contribution in [1.82, 2.24) is 20.1 Å². The van der Waals surface area contributed by atoms with Crippen molar-refractivity contribution < 1.29 is 44.7 Å². The minimum Gasteiger partial charge on any atom is -0.395 e. The lowest BCUT2D eigenvalue weighted by Gasteiger charge is -2.39. The lowest BCUT2D eigenvalue weighted by Crippen LogP contribution is -2.47. The molecule has 52 heavy (non-hydrogen) atoms. The molecule has 3 aromatic carbocycles. The minimum absolute atomic E-state index is 0.0128. The van der Waals surface area contributed by atoms with E-state index in [1.807, 2.05) is 4.90 Å². The number of nitrogens with one attached hydrogen (secondary N) is 1. The van der Waals surface area contributed by atoms with Gasteiger partial charge in [0.15, 0.2) is 15.9 Å². The van der Waals surface area contributed by atoms with Gasteiger partial charge in [-0.2, -0.15) is 26.3 Å². The first kappa shape index (κ1) is 37.7. The molecule has 0 saturated carbocycles. The molecule has 0 spiro atoms. The minimum atomic E-state index is -4.94. The Bertz CT molecular complexity index is 2030. The van der Waals surface area contributed by atoms with Gasteiger partial charge >= 0.3 is 12.4 Å². The number of benzene rings is 3. The molecule has 6 rings (SSSR count).